The molecule has 0 unspecified atom stereocenters. The van der Waals surface area contributed by atoms with E-state index in [1.54, 1.807) is 0 Å². The minimum atomic E-state index is -0.148. The molecular formula is C30H50O2. The van der Waals surface area contributed by atoms with Crippen LogP contribution in [0, 0.1) is 62.6 Å². The van der Waals surface area contributed by atoms with Crippen LogP contribution in [0.4, 0.5) is 0 Å². The first kappa shape index (κ1) is 23.4. The van der Waals surface area contributed by atoms with E-state index in [0.29, 0.717) is 51.8 Å². The van der Waals surface area contributed by atoms with E-state index >= 15 is 0 Å². The van der Waals surface area contributed by atoms with Crippen molar-refractivity contribution in [1.82, 2.24) is 0 Å². The van der Waals surface area contributed by atoms with Crippen molar-refractivity contribution >= 4 is 5.78 Å². The SMILES string of the molecule is C[C@H](CO)[C@@H]1CC[C@]2(C)CC[C@]3(C)[C@H](CC[C@@H]4[C@]5(C)CCC(=O)C(C)(C)[C@@H]5CC[C@]43C)[C@@H]12. The van der Waals surface area contributed by atoms with Gasteiger partial charge in [0.25, 0.3) is 0 Å². The third kappa shape index (κ3) is 2.71. The standard InChI is InChI=1S/C30H50O2/c1-19(18-31)20-10-13-27(4)16-17-29(6)21(25(20)27)8-9-23-28(5)14-12-24(32)26(2,3)22(28)11-15-30(23,29)7/h19-23,25,31H,8-18H2,1-7H3/t19-,20+,21-,22+,23-,25-,27-,28-,29-,30-/m1/s1. The first-order valence-corrected chi connectivity index (χ1v) is 14.0. The molecule has 0 spiro atoms. The Labute approximate surface area is 197 Å². The van der Waals surface area contributed by atoms with Crippen LogP contribution in [0.3, 0.4) is 0 Å². The molecule has 0 aromatic heterocycles. The Morgan fingerprint density at radius 3 is 2.25 bits per heavy atom. The number of carbonyl (C=O) groups excluding carboxylic acids is 1. The number of hydrogen-bond acceptors (Lipinski definition) is 2. The van der Waals surface area contributed by atoms with E-state index in [0.717, 1.165) is 30.6 Å². The van der Waals surface area contributed by atoms with Crippen molar-refractivity contribution in [2.24, 2.45) is 62.6 Å². The highest BCUT2D eigenvalue weighted by atomic mass is 16.3. The maximum Gasteiger partial charge on any atom is 0.138 e. The molecule has 5 aliphatic rings. The maximum absolute atomic E-state index is 12.9. The number of aliphatic hydroxyl groups is 1. The van der Waals surface area contributed by atoms with Crippen LogP contribution < -0.4 is 0 Å². The quantitative estimate of drug-likeness (QED) is 0.487. The number of carbonyl (C=O) groups is 1. The average Bonchev–Trinajstić information content (AvgIpc) is 3.09. The van der Waals surface area contributed by atoms with Gasteiger partial charge in [-0.25, -0.2) is 0 Å². The van der Waals surface area contributed by atoms with E-state index in [-0.39, 0.29) is 5.41 Å². The van der Waals surface area contributed by atoms with Crippen molar-refractivity contribution in [2.45, 2.75) is 113 Å². The molecule has 10 atom stereocenters. The zero-order valence-corrected chi connectivity index (χ0v) is 22.1. The molecule has 182 valence electrons. The van der Waals surface area contributed by atoms with Crippen LogP contribution in [0.1, 0.15) is 113 Å². The van der Waals surface area contributed by atoms with Gasteiger partial charge < -0.3 is 5.11 Å². The lowest BCUT2D eigenvalue weighted by molar-refractivity contribution is -0.234. The van der Waals surface area contributed by atoms with E-state index < -0.39 is 0 Å². The molecule has 5 saturated carbocycles. The van der Waals surface area contributed by atoms with Crippen LogP contribution in [0.25, 0.3) is 0 Å². The summed E-state index contributed by atoms with van der Waals surface area (Å²) in [7, 11) is 0. The van der Waals surface area contributed by atoms with Crippen LogP contribution in [0.5, 0.6) is 0 Å². The number of aliphatic hydroxyl groups excluding tert-OH is 1. The van der Waals surface area contributed by atoms with Gasteiger partial charge in [-0.3, -0.25) is 4.79 Å². The average molecular weight is 443 g/mol. The Morgan fingerprint density at radius 2 is 1.56 bits per heavy atom. The van der Waals surface area contributed by atoms with Gasteiger partial charge >= 0.3 is 0 Å². The van der Waals surface area contributed by atoms with Crippen molar-refractivity contribution in [3.8, 4) is 0 Å². The second-order valence-corrected chi connectivity index (χ2v) is 14.9. The van der Waals surface area contributed by atoms with Crippen LogP contribution >= 0.6 is 0 Å². The molecule has 0 amide bonds. The molecule has 0 aromatic carbocycles. The molecule has 2 nitrogen and oxygen atoms in total. The van der Waals surface area contributed by atoms with Crippen LogP contribution in [0.2, 0.25) is 0 Å². The van der Waals surface area contributed by atoms with E-state index in [4.69, 9.17) is 0 Å². The summed E-state index contributed by atoms with van der Waals surface area (Å²) in [6.45, 7) is 17.8. The second-order valence-electron chi connectivity index (χ2n) is 14.9. The Kier molecular flexibility index (Phi) is 5.17. The highest BCUT2D eigenvalue weighted by Crippen LogP contribution is 2.77. The summed E-state index contributed by atoms with van der Waals surface area (Å²) in [5, 5.41) is 10.1. The molecule has 0 bridgehead atoms. The number of rotatable bonds is 2. The van der Waals surface area contributed by atoms with Crippen molar-refractivity contribution in [1.29, 1.82) is 0 Å². The third-order valence-corrected chi connectivity index (χ3v) is 13.7. The van der Waals surface area contributed by atoms with Gasteiger partial charge in [-0.05, 0) is 115 Å². The summed E-state index contributed by atoms with van der Waals surface area (Å²) < 4.78 is 0. The van der Waals surface area contributed by atoms with Crippen molar-refractivity contribution < 1.29 is 9.90 Å². The molecular weight excluding hydrogens is 392 g/mol. The van der Waals surface area contributed by atoms with E-state index in [1.807, 2.05) is 0 Å². The van der Waals surface area contributed by atoms with Crippen LogP contribution in [-0.2, 0) is 4.79 Å². The molecule has 1 N–H and O–H groups in total. The molecule has 5 aliphatic carbocycles. The molecule has 0 saturated heterocycles. The Bertz CT molecular complexity index is 786. The number of ketones is 1. The van der Waals surface area contributed by atoms with Crippen LogP contribution in [-0.4, -0.2) is 17.5 Å². The lowest BCUT2D eigenvalue weighted by Crippen LogP contribution is -2.66. The summed E-state index contributed by atoms with van der Waals surface area (Å²) >= 11 is 0. The summed E-state index contributed by atoms with van der Waals surface area (Å²) in [4.78, 5) is 12.9. The molecule has 0 heterocycles. The highest BCUT2D eigenvalue weighted by Gasteiger charge is 2.70. The minimum Gasteiger partial charge on any atom is -0.396 e. The van der Waals surface area contributed by atoms with Crippen molar-refractivity contribution in [3.63, 3.8) is 0 Å². The predicted molar refractivity (Wildman–Crippen MR) is 131 cm³/mol. The summed E-state index contributed by atoms with van der Waals surface area (Å²) in [5.74, 6) is 4.56. The number of Topliss-reactive ketones (excluding diaryl/α,β-unsaturated/α-hetero) is 1. The van der Waals surface area contributed by atoms with E-state index in [2.05, 4.69) is 48.5 Å². The van der Waals surface area contributed by atoms with E-state index in [1.165, 1.54) is 51.4 Å². The largest absolute Gasteiger partial charge is 0.396 e. The highest BCUT2D eigenvalue weighted by molar-refractivity contribution is 5.85. The topological polar surface area (TPSA) is 37.3 Å². The minimum absolute atomic E-state index is 0.148. The Balaban J connectivity index is 1.53. The first-order valence-electron chi connectivity index (χ1n) is 14.0. The fraction of sp³-hybridized carbons (Fsp3) is 0.967. The van der Waals surface area contributed by atoms with Crippen molar-refractivity contribution in [2.75, 3.05) is 6.61 Å². The van der Waals surface area contributed by atoms with Gasteiger partial charge in [0.05, 0.1) is 0 Å². The van der Waals surface area contributed by atoms with Gasteiger partial charge in [-0.15, -0.1) is 0 Å². The van der Waals surface area contributed by atoms with E-state index in [9.17, 15) is 9.90 Å². The Hall–Kier alpha value is -0.370. The summed E-state index contributed by atoms with van der Waals surface area (Å²) in [6.07, 6.45) is 12.7. The van der Waals surface area contributed by atoms with Crippen LogP contribution in [0.15, 0.2) is 0 Å². The van der Waals surface area contributed by atoms with Gasteiger partial charge in [0.15, 0.2) is 0 Å². The first-order chi connectivity index (χ1) is 14.8. The van der Waals surface area contributed by atoms with Gasteiger partial charge in [-0.2, -0.15) is 0 Å². The maximum atomic E-state index is 12.9. The molecule has 2 heteroatoms. The molecule has 0 radical (unpaired) electrons. The fourth-order valence-electron chi connectivity index (χ4n) is 11.6. The lowest BCUT2D eigenvalue weighted by Gasteiger charge is -2.72. The zero-order chi connectivity index (χ0) is 23.3. The zero-order valence-electron chi connectivity index (χ0n) is 22.1. The van der Waals surface area contributed by atoms with Gasteiger partial charge in [0, 0.05) is 18.4 Å². The fourth-order valence-corrected chi connectivity index (χ4v) is 11.6. The summed E-state index contributed by atoms with van der Waals surface area (Å²) in [6, 6.07) is 0. The second kappa shape index (κ2) is 7.08. The molecule has 0 aliphatic heterocycles. The lowest BCUT2D eigenvalue weighted by atomic mass is 9.32. The smallest absolute Gasteiger partial charge is 0.138 e. The number of fused-ring (bicyclic) bond motifs is 7. The predicted octanol–water partition coefficient (Wildman–Crippen LogP) is 7.29. The molecule has 32 heavy (non-hydrogen) atoms. The molecule has 0 aromatic rings. The van der Waals surface area contributed by atoms with Gasteiger partial charge in [0.1, 0.15) is 5.78 Å². The van der Waals surface area contributed by atoms with Gasteiger partial charge in [0.2, 0.25) is 0 Å². The molecule has 5 rings (SSSR count). The van der Waals surface area contributed by atoms with Gasteiger partial charge in [-0.1, -0.05) is 48.5 Å². The molecule has 5 fully saturated rings. The normalized spacial score (nSPS) is 55.4. The monoisotopic (exact) mass is 442 g/mol. The number of hydrogen-bond donors (Lipinski definition) is 1. The van der Waals surface area contributed by atoms with Crippen molar-refractivity contribution in [3.05, 3.63) is 0 Å². The Morgan fingerprint density at radius 1 is 0.844 bits per heavy atom. The summed E-state index contributed by atoms with van der Waals surface area (Å²) in [5.41, 5.74) is 1.44. The third-order valence-electron chi connectivity index (χ3n) is 13.7.